The van der Waals surface area contributed by atoms with E-state index in [-0.39, 0.29) is 11.7 Å². The molecule has 2 N–H and O–H groups in total. The predicted molar refractivity (Wildman–Crippen MR) is 134 cm³/mol. The third-order valence-electron chi connectivity index (χ3n) is 5.90. The monoisotopic (exact) mass is 485 g/mol. The molecule has 0 saturated carbocycles. The maximum absolute atomic E-state index is 14.5. The summed E-state index contributed by atoms with van der Waals surface area (Å²) in [6.07, 6.45) is 6.87. The van der Waals surface area contributed by atoms with Crippen LogP contribution in [-0.2, 0) is 14.1 Å². The molecule has 36 heavy (non-hydrogen) atoms. The first-order valence-electron chi connectivity index (χ1n) is 11.2. The lowest BCUT2D eigenvalue weighted by Crippen LogP contribution is -2.29. The van der Waals surface area contributed by atoms with E-state index in [4.69, 9.17) is 4.74 Å². The van der Waals surface area contributed by atoms with Gasteiger partial charge >= 0.3 is 0 Å². The molecule has 0 aliphatic heterocycles. The normalized spacial score (nSPS) is 11.9. The van der Waals surface area contributed by atoms with E-state index in [9.17, 15) is 9.18 Å². The number of aryl methyl sites for hydroxylation is 2. The van der Waals surface area contributed by atoms with Gasteiger partial charge in [-0.3, -0.25) is 14.2 Å². The second-order valence-electron chi connectivity index (χ2n) is 8.34. The van der Waals surface area contributed by atoms with Gasteiger partial charge in [-0.1, -0.05) is 12.1 Å². The Labute approximate surface area is 206 Å². The molecule has 5 aromatic rings. The Morgan fingerprint density at radius 2 is 1.86 bits per heavy atom. The van der Waals surface area contributed by atoms with Crippen LogP contribution in [0.3, 0.4) is 0 Å². The van der Waals surface area contributed by atoms with Gasteiger partial charge in [-0.05, 0) is 41.3 Å². The first-order chi connectivity index (χ1) is 17.4. The average Bonchev–Trinajstić information content (AvgIpc) is 3.49. The molecule has 0 aliphatic rings. The van der Waals surface area contributed by atoms with Gasteiger partial charge in [-0.15, -0.1) is 0 Å². The largest absolute Gasteiger partial charge is 0.494 e. The van der Waals surface area contributed by atoms with Crippen LogP contribution in [0, 0.1) is 5.82 Å². The van der Waals surface area contributed by atoms with Gasteiger partial charge < -0.3 is 15.4 Å². The molecule has 0 aliphatic carbocycles. The average molecular weight is 486 g/mol. The molecule has 0 bridgehead atoms. The van der Waals surface area contributed by atoms with Crippen molar-refractivity contribution in [3.8, 4) is 5.75 Å². The lowest BCUT2D eigenvalue weighted by Gasteiger charge is -2.19. The smallest absolute Gasteiger partial charge is 0.252 e. The third-order valence-corrected chi connectivity index (χ3v) is 5.90. The maximum atomic E-state index is 14.5. The molecule has 9 nitrogen and oxygen atoms in total. The van der Waals surface area contributed by atoms with Gasteiger partial charge in [0.25, 0.3) is 5.91 Å². The Bertz CT molecular complexity index is 1560. The minimum absolute atomic E-state index is 0.133. The van der Waals surface area contributed by atoms with Crippen molar-refractivity contribution < 1.29 is 13.9 Å². The summed E-state index contributed by atoms with van der Waals surface area (Å²) in [4.78, 5) is 17.8. The number of methoxy groups -OCH3 is 1. The van der Waals surface area contributed by atoms with Crippen molar-refractivity contribution in [1.82, 2.24) is 29.9 Å². The molecule has 0 unspecified atom stereocenters. The number of benzene rings is 2. The highest BCUT2D eigenvalue weighted by atomic mass is 19.1. The number of halogens is 1. The standard InChI is InChI=1S/C26H24FN7O2/c1-33-15-20(14-30-33)25(16-6-7-22(36-3)21(27)11-16)32-26(35)17-4-5-18-13-28-23(12-19(18)10-17)31-24-8-9-29-34(24)2/h4-15,25H,1-3H3,(H,28,31)(H,32,35)/t25-/m0/s1. The molecule has 1 amide bonds. The second kappa shape index (κ2) is 9.49. The van der Waals surface area contributed by atoms with Gasteiger partial charge in [-0.25, -0.2) is 9.37 Å². The Kier molecular flexibility index (Phi) is 6.07. The number of carbonyl (C=O) groups excluding carboxylic acids is 1. The molecule has 2 aromatic carbocycles. The van der Waals surface area contributed by atoms with E-state index in [0.717, 1.165) is 22.2 Å². The van der Waals surface area contributed by atoms with Gasteiger partial charge in [0.05, 0.1) is 25.5 Å². The zero-order chi connectivity index (χ0) is 25.2. The van der Waals surface area contributed by atoms with Crippen LogP contribution in [0.5, 0.6) is 5.75 Å². The summed E-state index contributed by atoms with van der Waals surface area (Å²) in [5.74, 6) is 0.741. The third kappa shape index (κ3) is 4.61. The highest BCUT2D eigenvalue weighted by molar-refractivity contribution is 5.99. The SMILES string of the molecule is COc1ccc([C@H](NC(=O)c2ccc3cnc(Nc4ccnn4C)cc3c2)c2cnn(C)c2)cc1F. The summed E-state index contributed by atoms with van der Waals surface area (Å²) in [5, 5.41) is 16.3. The molecule has 3 aromatic heterocycles. The van der Waals surface area contributed by atoms with Crippen molar-refractivity contribution in [2.45, 2.75) is 6.04 Å². The van der Waals surface area contributed by atoms with Gasteiger partial charge in [-0.2, -0.15) is 10.2 Å². The Morgan fingerprint density at radius 3 is 2.56 bits per heavy atom. The minimum atomic E-state index is -0.609. The molecule has 5 rings (SSSR count). The van der Waals surface area contributed by atoms with Crippen molar-refractivity contribution in [3.63, 3.8) is 0 Å². The highest BCUT2D eigenvalue weighted by Gasteiger charge is 2.21. The molecule has 0 radical (unpaired) electrons. The van der Waals surface area contributed by atoms with E-state index in [2.05, 4.69) is 25.8 Å². The zero-order valence-corrected chi connectivity index (χ0v) is 19.9. The van der Waals surface area contributed by atoms with Crippen LogP contribution in [0.25, 0.3) is 10.8 Å². The van der Waals surface area contributed by atoms with E-state index >= 15 is 0 Å². The van der Waals surface area contributed by atoms with Gasteiger partial charge in [0.1, 0.15) is 11.6 Å². The number of hydrogen-bond donors (Lipinski definition) is 2. The number of nitrogens with one attached hydrogen (secondary N) is 2. The van der Waals surface area contributed by atoms with Crippen molar-refractivity contribution in [3.05, 3.63) is 95.8 Å². The fourth-order valence-corrected chi connectivity index (χ4v) is 4.00. The van der Waals surface area contributed by atoms with E-state index in [0.29, 0.717) is 16.9 Å². The van der Waals surface area contributed by atoms with Crippen molar-refractivity contribution in [2.24, 2.45) is 14.1 Å². The molecule has 10 heteroatoms. The van der Waals surface area contributed by atoms with E-state index in [1.807, 2.05) is 25.2 Å². The summed E-state index contributed by atoms with van der Waals surface area (Å²) >= 11 is 0. The molecule has 0 saturated heterocycles. The topological polar surface area (TPSA) is 98.9 Å². The number of aromatic nitrogens is 5. The fraction of sp³-hybridized carbons (Fsp3) is 0.154. The van der Waals surface area contributed by atoms with Crippen molar-refractivity contribution in [1.29, 1.82) is 0 Å². The number of fused-ring (bicyclic) bond motifs is 1. The quantitative estimate of drug-likeness (QED) is 0.360. The highest BCUT2D eigenvalue weighted by Crippen LogP contribution is 2.27. The summed E-state index contributed by atoms with van der Waals surface area (Å²) in [5.41, 5.74) is 1.76. The van der Waals surface area contributed by atoms with Crippen molar-refractivity contribution >= 4 is 28.3 Å². The number of ether oxygens (including phenoxy) is 1. The van der Waals surface area contributed by atoms with Crippen LogP contribution < -0.4 is 15.4 Å². The molecular formula is C26H24FN7O2. The van der Waals surface area contributed by atoms with Crippen LogP contribution >= 0.6 is 0 Å². The van der Waals surface area contributed by atoms with Crippen LogP contribution in [0.1, 0.15) is 27.5 Å². The lowest BCUT2D eigenvalue weighted by atomic mass is 10.00. The molecule has 0 fully saturated rings. The second-order valence-corrected chi connectivity index (χ2v) is 8.34. The maximum Gasteiger partial charge on any atom is 0.252 e. The Balaban J connectivity index is 1.44. The molecule has 3 heterocycles. The number of hydrogen-bond acceptors (Lipinski definition) is 6. The number of anilines is 2. The summed E-state index contributed by atoms with van der Waals surface area (Å²) < 4.78 is 22.9. The van der Waals surface area contributed by atoms with Gasteiger partial charge in [0, 0.05) is 49.1 Å². The van der Waals surface area contributed by atoms with Crippen molar-refractivity contribution in [2.75, 3.05) is 12.4 Å². The molecular weight excluding hydrogens is 461 g/mol. The van der Waals surface area contributed by atoms with Crippen LogP contribution in [0.4, 0.5) is 16.0 Å². The van der Waals surface area contributed by atoms with Gasteiger partial charge in [0.15, 0.2) is 11.6 Å². The van der Waals surface area contributed by atoms with Crippen LogP contribution in [0.15, 0.2) is 73.3 Å². The lowest BCUT2D eigenvalue weighted by molar-refractivity contribution is 0.0943. The number of amides is 1. The number of rotatable bonds is 7. The van der Waals surface area contributed by atoms with E-state index < -0.39 is 11.9 Å². The Hall–Kier alpha value is -4.73. The minimum Gasteiger partial charge on any atom is -0.494 e. The van der Waals surface area contributed by atoms with E-state index in [1.165, 1.54) is 13.2 Å². The molecule has 182 valence electrons. The van der Waals surface area contributed by atoms with E-state index in [1.54, 1.807) is 65.5 Å². The van der Waals surface area contributed by atoms with Gasteiger partial charge in [0.2, 0.25) is 0 Å². The van der Waals surface area contributed by atoms with Crippen LogP contribution in [-0.4, -0.2) is 37.6 Å². The fourth-order valence-electron chi connectivity index (χ4n) is 4.00. The zero-order valence-electron chi connectivity index (χ0n) is 19.9. The number of nitrogens with zero attached hydrogens (tertiary/aromatic N) is 5. The number of pyridine rings is 1. The first kappa shape index (κ1) is 23.0. The molecule has 0 spiro atoms. The summed E-state index contributed by atoms with van der Waals surface area (Å²) in [6.45, 7) is 0. The Morgan fingerprint density at radius 1 is 1.00 bits per heavy atom. The first-order valence-corrected chi connectivity index (χ1v) is 11.2. The summed E-state index contributed by atoms with van der Waals surface area (Å²) in [6, 6.07) is 13.1. The summed E-state index contributed by atoms with van der Waals surface area (Å²) in [7, 11) is 5.02. The number of carbonyl (C=O) groups is 1. The van der Waals surface area contributed by atoms with Crippen LogP contribution in [0.2, 0.25) is 0 Å². The predicted octanol–water partition coefficient (Wildman–Crippen LogP) is 4.11. The molecule has 1 atom stereocenters.